The number of hydrogen-bond donors (Lipinski definition) is 1. The minimum Gasteiger partial charge on any atom is -0.338 e. The van der Waals surface area contributed by atoms with Gasteiger partial charge in [0.1, 0.15) is 0 Å². The number of urea groups is 1. The van der Waals surface area contributed by atoms with Crippen LogP contribution in [0, 0.1) is 5.92 Å². The predicted molar refractivity (Wildman–Crippen MR) is 62.9 cm³/mol. The molecular weight excluding hydrogens is 188 g/mol. The van der Waals surface area contributed by atoms with Crippen LogP contribution in [0.4, 0.5) is 4.79 Å². The van der Waals surface area contributed by atoms with Gasteiger partial charge in [0.2, 0.25) is 0 Å². The average Bonchev–Trinajstić information content (AvgIpc) is 2.75. The molecule has 1 rings (SSSR count). The summed E-state index contributed by atoms with van der Waals surface area (Å²) in [6, 6.07) is 0.0929. The van der Waals surface area contributed by atoms with E-state index in [1.165, 1.54) is 25.7 Å². The number of unbranched alkanes of at least 4 members (excludes halogenated alkanes) is 1. The molecule has 1 fully saturated rings. The van der Waals surface area contributed by atoms with E-state index in [-0.39, 0.29) is 6.03 Å². The summed E-state index contributed by atoms with van der Waals surface area (Å²) in [7, 11) is 1.87. The Kier molecular flexibility index (Phi) is 5.51. The van der Waals surface area contributed by atoms with E-state index in [0.717, 1.165) is 31.8 Å². The summed E-state index contributed by atoms with van der Waals surface area (Å²) in [5.41, 5.74) is 0. The first-order chi connectivity index (χ1) is 7.24. The molecule has 1 saturated carbocycles. The second-order valence-electron chi connectivity index (χ2n) is 4.61. The summed E-state index contributed by atoms with van der Waals surface area (Å²) in [6.07, 6.45) is 7.49. The normalized spacial score (nSPS) is 16.7. The third kappa shape index (κ3) is 4.54. The molecule has 2 amide bonds. The van der Waals surface area contributed by atoms with Gasteiger partial charge < -0.3 is 10.2 Å². The van der Waals surface area contributed by atoms with Crippen LogP contribution in [0.15, 0.2) is 0 Å². The van der Waals surface area contributed by atoms with Crippen molar-refractivity contribution >= 4 is 6.03 Å². The summed E-state index contributed by atoms with van der Waals surface area (Å²) in [5, 5.41) is 3.02. The Morgan fingerprint density at radius 1 is 1.40 bits per heavy atom. The number of carbonyl (C=O) groups excluding carboxylic acids is 1. The minimum atomic E-state index is 0.0929. The molecule has 0 spiro atoms. The van der Waals surface area contributed by atoms with E-state index in [9.17, 15) is 4.79 Å². The third-order valence-corrected chi connectivity index (χ3v) is 3.21. The number of nitrogens with one attached hydrogen (secondary N) is 1. The fraction of sp³-hybridized carbons (Fsp3) is 0.917. The average molecular weight is 212 g/mol. The second-order valence-corrected chi connectivity index (χ2v) is 4.61. The Morgan fingerprint density at radius 3 is 2.67 bits per heavy atom. The number of carbonyl (C=O) groups is 1. The molecule has 0 aromatic carbocycles. The second kappa shape index (κ2) is 6.70. The van der Waals surface area contributed by atoms with Crippen molar-refractivity contribution in [3.05, 3.63) is 0 Å². The molecule has 88 valence electrons. The fourth-order valence-electron chi connectivity index (χ4n) is 2.08. The van der Waals surface area contributed by atoms with E-state index in [2.05, 4.69) is 12.2 Å². The largest absolute Gasteiger partial charge is 0.338 e. The van der Waals surface area contributed by atoms with E-state index < -0.39 is 0 Å². The van der Waals surface area contributed by atoms with Crippen LogP contribution in [0.2, 0.25) is 0 Å². The Hall–Kier alpha value is -0.730. The van der Waals surface area contributed by atoms with E-state index in [4.69, 9.17) is 0 Å². The van der Waals surface area contributed by atoms with Crippen LogP contribution < -0.4 is 5.32 Å². The molecule has 0 bridgehead atoms. The van der Waals surface area contributed by atoms with Gasteiger partial charge in [0.25, 0.3) is 0 Å². The van der Waals surface area contributed by atoms with Crippen LogP contribution in [0.1, 0.15) is 45.4 Å². The van der Waals surface area contributed by atoms with Crippen LogP contribution in [-0.2, 0) is 0 Å². The highest BCUT2D eigenvalue weighted by Gasteiger charge is 2.16. The minimum absolute atomic E-state index is 0.0929. The first-order valence-corrected chi connectivity index (χ1v) is 6.23. The van der Waals surface area contributed by atoms with Crippen LogP contribution >= 0.6 is 0 Å². The Morgan fingerprint density at radius 2 is 2.07 bits per heavy atom. The molecule has 0 radical (unpaired) electrons. The van der Waals surface area contributed by atoms with Crippen LogP contribution in [0.5, 0.6) is 0 Å². The van der Waals surface area contributed by atoms with Gasteiger partial charge in [-0.2, -0.15) is 0 Å². The Bertz CT molecular complexity index is 188. The lowest BCUT2D eigenvalue weighted by Gasteiger charge is -2.19. The molecule has 0 saturated heterocycles. The standard InChI is InChI=1S/C12H24N2O/c1-3-4-9-14(2)12(15)13-10-11-7-5-6-8-11/h11H,3-10H2,1-2H3,(H,13,15). The molecular formula is C12H24N2O. The summed E-state index contributed by atoms with van der Waals surface area (Å²) < 4.78 is 0. The zero-order valence-corrected chi connectivity index (χ0v) is 10.1. The van der Waals surface area contributed by atoms with E-state index in [1.807, 2.05) is 7.05 Å². The van der Waals surface area contributed by atoms with Gasteiger partial charge in [-0.05, 0) is 25.2 Å². The van der Waals surface area contributed by atoms with Crippen LogP contribution in [0.25, 0.3) is 0 Å². The molecule has 1 aliphatic carbocycles. The van der Waals surface area contributed by atoms with E-state index in [0.29, 0.717) is 0 Å². The van der Waals surface area contributed by atoms with Crippen LogP contribution in [0.3, 0.4) is 0 Å². The predicted octanol–water partition coefficient (Wildman–Crippen LogP) is 2.62. The lowest BCUT2D eigenvalue weighted by atomic mass is 10.1. The van der Waals surface area contributed by atoms with Gasteiger partial charge in [-0.1, -0.05) is 26.2 Å². The van der Waals surface area contributed by atoms with Crippen LogP contribution in [-0.4, -0.2) is 31.1 Å². The first-order valence-electron chi connectivity index (χ1n) is 6.23. The van der Waals surface area contributed by atoms with Crippen molar-refractivity contribution in [2.45, 2.75) is 45.4 Å². The number of rotatable bonds is 5. The lowest BCUT2D eigenvalue weighted by Crippen LogP contribution is -2.39. The van der Waals surface area contributed by atoms with Crippen molar-refractivity contribution in [3.8, 4) is 0 Å². The van der Waals surface area contributed by atoms with Gasteiger partial charge in [0.15, 0.2) is 0 Å². The molecule has 0 heterocycles. The molecule has 0 aromatic heterocycles. The highest BCUT2D eigenvalue weighted by atomic mass is 16.2. The van der Waals surface area contributed by atoms with Crippen molar-refractivity contribution in [2.24, 2.45) is 5.92 Å². The molecule has 0 atom stereocenters. The van der Waals surface area contributed by atoms with Crippen molar-refractivity contribution < 1.29 is 4.79 Å². The third-order valence-electron chi connectivity index (χ3n) is 3.21. The summed E-state index contributed by atoms with van der Waals surface area (Å²) in [6.45, 7) is 3.88. The number of amides is 2. The molecule has 0 unspecified atom stereocenters. The van der Waals surface area contributed by atoms with Gasteiger partial charge in [0, 0.05) is 20.1 Å². The number of hydrogen-bond acceptors (Lipinski definition) is 1. The smallest absolute Gasteiger partial charge is 0.317 e. The van der Waals surface area contributed by atoms with Gasteiger partial charge in [-0.25, -0.2) is 4.79 Å². The Labute approximate surface area is 93.2 Å². The maximum absolute atomic E-state index is 11.6. The fourth-order valence-corrected chi connectivity index (χ4v) is 2.08. The summed E-state index contributed by atoms with van der Waals surface area (Å²) >= 11 is 0. The topological polar surface area (TPSA) is 32.3 Å². The van der Waals surface area contributed by atoms with E-state index >= 15 is 0 Å². The molecule has 3 heteroatoms. The highest BCUT2D eigenvalue weighted by molar-refractivity contribution is 5.73. The molecule has 15 heavy (non-hydrogen) atoms. The molecule has 1 aliphatic rings. The number of nitrogens with zero attached hydrogens (tertiary/aromatic N) is 1. The highest BCUT2D eigenvalue weighted by Crippen LogP contribution is 2.23. The zero-order chi connectivity index (χ0) is 11.1. The van der Waals surface area contributed by atoms with Gasteiger partial charge in [-0.15, -0.1) is 0 Å². The van der Waals surface area contributed by atoms with Crippen molar-refractivity contribution in [3.63, 3.8) is 0 Å². The van der Waals surface area contributed by atoms with Gasteiger partial charge in [-0.3, -0.25) is 0 Å². The van der Waals surface area contributed by atoms with Crippen molar-refractivity contribution in [2.75, 3.05) is 20.1 Å². The van der Waals surface area contributed by atoms with Gasteiger partial charge in [0.05, 0.1) is 0 Å². The SMILES string of the molecule is CCCCN(C)C(=O)NCC1CCCC1. The van der Waals surface area contributed by atoms with E-state index in [1.54, 1.807) is 4.90 Å². The quantitative estimate of drug-likeness (QED) is 0.746. The first kappa shape index (κ1) is 12.3. The van der Waals surface area contributed by atoms with Gasteiger partial charge >= 0.3 is 6.03 Å². The van der Waals surface area contributed by atoms with Crippen molar-refractivity contribution in [1.82, 2.24) is 10.2 Å². The molecule has 1 N–H and O–H groups in total. The van der Waals surface area contributed by atoms with Crippen molar-refractivity contribution in [1.29, 1.82) is 0 Å². The molecule has 0 aromatic rings. The lowest BCUT2D eigenvalue weighted by molar-refractivity contribution is 0.206. The molecule has 0 aliphatic heterocycles. The maximum Gasteiger partial charge on any atom is 0.317 e. The Balaban J connectivity index is 2.11. The maximum atomic E-state index is 11.6. The monoisotopic (exact) mass is 212 g/mol. The zero-order valence-electron chi connectivity index (χ0n) is 10.1. The summed E-state index contributed by atoms with van der Waals surface area (Å²) in [4.78, 5) is 13.4. The molecule has 3 nitrogen and oxygen atoms in total. The summed E-state index contributed by atoms with van der Waals surface area (Å²) in [5.74, 6) is 0.730.